The summed E-state index contributed by atoms with van der Waals surface area (Å²) >= 11 is 0. The molecule has 2 heteroatoms. The van der Waals surface area contributed by atoms with E-state index in [4.69, 9.17) is 0 Å². The molecule has 0 radical (unpaired) electrons. The number of hydrogen-bond acceptors (Lipinski definition) is 2. The van der Waals surface area contributed by atoms with Crippen LogP contribution in [0.25, 0.3) is 0 Å². The monoisotopic (exact) mass is 188 g/mol. The highest BCUT2D eigenvalue weighted by Crippen LogP contribution is 2.15. The minimum absolute atomic E-state index is 1.07. The van der Waals surface area contributed by atoms with Crippen molar-refractivity contribution in [2.24, 2.45) is 5.10 Å². The maximum atomic E-state index is 4.42. The Morgan fingerprint density at radius 3 is 2.36 bits per heavy atom. The lowest BCUT2D eigenvalue weighted by atomic mass is 9.99. The molecule has 1 saturated carbocycles. The van der Waals surface area contributed by atoms with Crippen LogP contribution < -0.4 is 5.43 Å². The van der Waals surface area contributed by atoms with Gasteiger partial charge in [0, 0.05) is 5.71 Å². The van der Waals surface area contributed by atoms with Crippen LogP contribution in [-0.2, 0) is 0 Å². The Morgan fingerprint density at radius 2 is 1.64 bits per heavy atom. The normalized spacial score (nSPS) is 16.4. The summed E-state index contributed by atoms with van der Waals surface area (Å²) in [5, 5.41) is 4.42. The third kappa shape index (κ3) is 2.59. The minimum atomic E-state index is 1.07. The zero-order valence-electron chi connectivity index (χ0n) is 8.37. The Kier molecular flexibility index (Phi) is 3.17. The van der Waals surface area contributed by atoms with E-state index in [2.05, 4.69) is 10.5 Å². The lowest BCUT2D eigenvalue weighted by Crippen LogP contribution is -2.07. The first-order valence-electron chi connectivity index (χ1n) is 5.32. The van der Waals surface area contributed by atoms with E-state index in [0.29, 0.717) is 0 Å². The molecule has 0 aliphatic heterocycles. The molecule has 0 amide bonds. The van der Waals surface area contributed by atoms with Gasteiger partial charge in [-0.15, -0.1) is 0 Å². The van der Waals surface area contributed by atoms with Crippen LogP contribution in [0.1, 0.15) is 32.1 Å². The van der Waals surface area contributed by atoms with Gasteiger partial charge in [0.1, 0.15) is 0 Å². The third-order valence-corrected chi connectivity index (χ3v) is 2.55. The van der Waals surface area contributed by atoms with Crippen LogP contribution in [0.3, 0.4) is 0 Å². The molecular formula is C12H16N2. The minimum Gasteiger partial charge on any atom is -0.279 e. The van der Waals surface area contributed by atoms with Crippen molar-refractivity contribution in [1.29, 1.82) is 0 Å². The Bertz CT molecular complexity index is 295. The molecule has 2 rings (SSSR count). The van der Waals surface area contributed by atoms with E-state index in [9.17, 15) is 0 Å². The number of benzene rings is 1. The number of rotatable bonds is 2. The third-order valence-electron chi connectivity index (χ3n) is 2.55. The summed E-state index contributed by atoms with van der Waals surface area (Å²) in [5.74, 6) is 0. The Hall–Kier alpha value is -1.31. The van der Waals surface area contributed by atoms with E-state index in [-0.39, 0.29) is 0 Å². The zero-order chi connectivity index (χ0) is 9.64. The van der Waals surface area contributed by atoms with Crippen molar-refractivity contribution in [1.82, 2.24) is 0 Å². The highest BCUT2D eigenvalue weighted by molar-refractivity contribution is 5.85. The summed E-state index contributed by atoms with van der Waals surface area (Å²) in [6, 6.07) is 10.1. The molecule has 2 nitrogen and oxygen atoms in total. The number of para-hydroxylation sites is 1. The van der Waals surface area contributed by atoms with Crippen molar-refractivity contribution in [3.63, 3.8) is 0 Å². The summed E-state index contributed by atoms with van der Waals surface area (Å²) < 4.78 is 0. The van der Waals surface area contributed by atoms with Gasteiger partial charge in [0.25, 0.3) is 0 Å². The standard InChI is InChI=1S/C12H16N2/c1-3-7-11(8-4-1)13-14-12-9-5-2-6-10-12/h1,3-4,7-8,13H,2,5-6,9-10H2. The van der Waals surface area contributed by atoms with Gasteiger partial charge >= 0.3 is 0 Å². The fourth-order valence-electron chi connectivity index (χ4n) is 1.73. The molecule has 1 aromatic rings. The number of nitrogens with zero attached hydrogens (tertiary/aromatic N) is 1. The van der Waals surface area contributed by atoms with Gasteiger partial charge in [-0.05, 0) is 37.8 Å². The largest absolute Gasteiger partial charge is 0.279 e. The van der Waals surface area contributed by atoms with Gasteiger partial charge in [0.15, 0.2) is 0 Å². The molecule has 1 aliphatic rings. The first-order chi connectivity index (χ1) is 6.95. The van der Waals surface area contributed by atoms with Gasteiger partial charge < -0.3 is 0 Å². The van der Waals surface area contributed by atoms with E-state index in [1.165, 1.54) is 37.8 Å². The first-order valence-corrected chi connectivity index (χ1v) is 5.32. The molecule has 74 valence electrons. The number of nitrogens with one attached hydrogen (secondary N) is 1. The second-order valence-corrected chi connectivity index (χ2v) is 3.72. The van der Waals surface area contributed by atoms with E-state index in [0.717, 1.165) is 5.69 Å². The highest BCUT2D eigenvalue weighted by atomic mass is 15.3. The van der Waals surface area contributed by atoms with Crippen molar-refractivity contribution >= 4 is 11.4 Å². The molecule has 1 fully saturated rings. The smallest absolute Gasteiger partial charge is 0.0561 e. The molecule has 0 bridgehead atoms. The molecule has 0 spiro atoms. The molecule has 0 heterocycles. The number of hydrazone groups is 1. The van der Waals surface area contributed by atoms with Crippen molar-refractivity contribution in [2.45, 2.75) is 32.1 Å². The van der Waals surface area contributed by atoms with Crippen LogP contribution in [0.15, 0.2) is 35.4 Å². The second kappa shape index (κ2) is 4.80. The van der Waals surface area contributed by atoms with Gasteiger partial charge in [-0.3, -0.25) is 5.43 Å². The molecule has 1 N–H and O–H groups in total. The van der Waals surface area contributed by atoms with Gasteiger partial charge in [0.05, 0.1) is 5.69 Å². The highest BCUT2D eigenvalue weighted by Gasteiger charge is 2.05. The number of hydrogen-bond donors (Lipinski definition) is 1. The van der Waals surface area contributed by atoms with E-state index in [1.54, 1.807) is 0 Å². The van der Waals surface area contributed by atoms with Gasteiger partial charge in [0.2, 0.25) is 0 Å². The summed E-state index contributed by atoms with van der Waals surface area (Å²) in [4.78, 5) is 0. The van der Waals surface area contributed by atoms with Crippen molar-refractivity contribution in [3.8, 4) is 0 Å². The van der Waals surface area contributed by atoms with Gasteiger partial charge in [-0.1, -0.05) is 24.6 Å². The van der Waals surface area contributed by atoms with E-state index in [1.807, 2.05) is 30.3 Å². The lowest BCUT2D eigenvalue weighted by Gasteiger charge is -2.12. The van der Waals surface area contributed by atoms with E-state index >= 15 is 0 Å². The van der Waals surface area contributed by atoms with Crippen molar-refractivity contribution < 1.29 is 0 Å². The van der Waals surface area contributed by atoms with Crippen LogP contribution in [0.2, 0.25) is 0 Å². The predicted octanol–water partition coefficient (Wildman–Crippen LogP) is 3.42. The van der Waals surface area contributed by atoms with Crippen LogP contribution in [0.5, 0.6) is 0 Å². The Balaban J connectivity index is 1.92. The molecular weight excluding hydrogens is 172 g/mol. The average molecular weight is 188 g/mol. The SMILES string of the molecule is c1ccc(NN=C2CCCCC2)cc1. The number of anilines is 1. The van der Waals surface area contributed by atoms with Gasteiger partial charge in [-0.2, -0.15) is 5.10 Å². The maximum Gasteiger partial charge on any atom is 0.0561 e. The summed E-state index contributed by atoms with van der Waals surface area (Å²) in [6.07, 6.45) is 6.30. The van der Waals surface area contributed by atoms with Crippen molar-refractivity contribution in [2.75, 3.05) is 5.43 Å². The second-order valence-electron chi connectivity index (χ2n) is 3.72. The van der Waals surface area contributed by atoms with Crippen LogP contribution in [0, 0.1) is 0 Å². The summed E-state index contributed by atoms with van der Waals surface area (Å²) in [5.41, 5.74) is 5.50. The van der Waals surface area contributed by atoms with Crippen LogP contribution >= 0.6 is 0 Å². The van der Waals surface area contributed by atoms with Gasteiger partial charge in [-0.25, -0.2) is 0 Å². The molecule has 1 aromatic carbocycles. The topological polar surface area (TPSA) is 24.4 Å². The molecule has 0 atom stereocenters. The first kappa shape index (κ1) is 9.25. The molecule has 0 aromatic heterocycles. The molecule has 0 saturated heterocycles. The van der Waals surface area contributed by atoms with Crippen molar-refractivity contribution in [3.05, 3.63) is 30.3 Å². The quantitative estimate of drug-likeness (QED) is 0.706. The Labute approximate surface area is 85.0 Å². The van der Waals surface area contributed by atoms with Crippen LogP contribution in [0.4, 0.5) is 5.69 Å². The fraction of sp³-hybridized carbons (Fsp3) is 0.417. The van der Waals surface area contributed by atoms with E-state index < -0.39 is 0 Å². The zero-order valence-corrected chi connectivity index (χ0v) is 8.37. The predicted molar refractivity (Wildman–Crippen MR) is 60.6 cm³/mol. The van der Waals surface area contributed by atoms with Crippen LogP contribution in [-0.4, -0.2) is 5.71 Å². The molecule has 1 aliphatic carbocycles. The average Bonchev–Trinajstić information content (AvgIpc) is 2.29. The Morgan fingerprint density at radius 1 is 0.929 bits per heavy atom. The molecule has 0 unspecified atom stereocenters. The maximum absolute atomic E-state index is 4.42. The fourth-order valence-corrected chi connectivity index (χ4v) is 1.73. The molecule has 14 heavy (non-hydrogen) atoms. The lowest BCUT2D eigenvalue weighted by molar-refractivity contribution is 0.665. The summed E-state index contributed by atoms with van der Waals surface area (Å²) in [7, 11) is 0. The summed E-state index contributed by atoms with van der Waals surface area (Å²) in [6.45, 7) is 0.